The van der Waals surface area contributed by atoms with Gasteiger partial charge in [-0.25, -0.2) is 9.82 Å². The Labute approximate surface area is 177 Å². The molecule has 5 unspecified atom stereocenters. The normalized spacial score (nSPS) is 31.3. The maximum absolute atomic E-state index is 14.4. The smallest absolute Gasteiger partial charge is 0.128 e. The number of nitrogens with zero attached hydrogens (tertiary/aromatic N) is 1. The lowest BCUT2D eigenvalue weighted by Gasteiger charge is -2.35. The van der Waals surface area contributed by atoms with Crippen LogP contribution in [-0.2, 0) is 0 Å². The molecule has 0 spiro atoms. The number of ether oxygens (including phenoxy) is 1. The number of hydrazine groups is 1. The molecule has 1 aromatic heterocycles. The summed E-state index contributed by atoms with van der Waals surface area (Å²) in [5.74, 6) is 1.59. The summed E-state index contributed by atoms with van der Waals surface area (Å²) in [4.78, 5) is 4.37. The first kappa shape index (κ1) is 19.9. The summed E-state index contributed by atoms with van der Waals surface area (Å²) in [5, 5.41) is 7.09. The van der Waals surface area contributed by atoms with Crippen LogP contribution in [0.2, 0.25) is 0 Å². The van der Waals surface area contributed by atoms with E-state index in [0.717, 1.165) is 49.5 Å². The molecule has 3 aliphatic heterocycles. The molecular formula is C23H30FN5O. The first-order valence-corrected chi connectivity index (χ1v) is 11.1. The first-order valence-electron chi connectivity index (χ1n) is 11.1. The number of pyridine rings is 1. The van der Waals surface area contributed by atoms with Crippen molar-refractivity contribution < 1.29 is 9.13 Å². The van der Waals surface area contributed by atoms with Crippen molar-refractivity contribution in [1.29, 1.82) is 0 Å². The summed E-state index contributed by atoms with van der Waals surface area (Å²) in [5.41, 5.74) is 8.51. The van der Waals surface area contributed by atoms with Gasteiger partial charge in [0.15, 0.2) is 0 Å². The van der Waals surface area contributed by atoms with E-state index < -0.39 is 0 Å². The molecule has 0 amide bonds. The highest BCUT2D eigenvalue weighted by molar-refractivity contribution is 5.34. The zero-order valence-electron chi connectivity index (χ0n) is 17.1. The number of fused-ring (bicyclic) bond motifs is 1. The van der Waals surface area contributed by atoms with Gasteiger partial charge in [-0.1, -0.05) is 18.2 Å². The van der Waals surface area contributed by atoms with Gasteiger partial charge in [0.2, 0.25) is 0 Å². The number of aromatic nitrogens is 1. The number of hydrogen-bond donors (Lipinski definition) is 4. The number of halogens is 1. The molecule has 0 radical (unpaired) electrons. The van der Waals surface area contributed by atoms with Crippen molar-refractivity contribution in [2.45, 2.75) is 37.4 Å². The van der Waals surface area contributed by atoms with E-state index in [1.807, 2.05) is 24.4 Å². The summed E-state index contributed by atoms with van der Waals surface area (Å²) >= 11 is 0. The monoisotopic (exact) mass is 411 g/mol. The fourth-order valence-electron chi connectivity index (χ4n) is 5.10. The van der Waals surface area contributed by atoms with Crippen LogP contribution in [0, 0.1) is 17.7 Å². The molecule has 5 atom stereocenters. The predicted octanol–water partition coefficient (Wildman–Crippen LogP) is 2.47. The Hall–Kier alpha value is -2.06. The van der Waals surface area contributed by atoms with Gasteiger partial charge >= 0.3 is 0 Å². The van der Waals surface area contributed by atoms with E-state index >= 15 is 0 Å². The highest BCUT2D eigenvalue weighted by Crippen LogP contribution is 2.40. The van der Waals surface area contributed by atoms with E-state index in [1.165, 1.54) is 18.9 Å². The van der Waals surface area contributed by atoms with Crippen molar-refractivity contribution in [2.24, 2.45) is 11.8 Å². The third-order valence-corrected chi connectivity index (χ3v) is 6.76. The van der Waals surface area contributed by atoms with Gasteiger partial charge in [0.05, 0.1) is 12.6 Å². The average molecular weight is 412 g/mol. The van der Waals surface area contributed by atoms with E-state index in [2.05, 4.69) is 26.5 Å². The zero-order valence-corrected chi connectivity index (χ0v) is 17.1. The summed E-state index contributed by atoms with van der Waals surface area (Å²) in [6.45, 7) is 3.67. The fraction of sp³-hybridized carbons (Fsp3) is 0.522. The van der Waals surface area contributed by atoms with E-state index in [9.17, 15) is 4.39 Å². The van der Waals surface area contributed by atoms with E-state index in [-0.39, 0.29) is 29.9 Å². The van der Waals surface area contributed by atoms with E-state index in [0.29, 0.717) is 5.92 Å². The van der Waals surface area contributed by atoms with Gasteiger partial charge in [-0.05, 0) is 43.9 Å². The van der Waals surface area contributed by atoms with Crippen LogP contribution < -0.4 is 26.2 Å². The van der Waals surface area contributed by atoms with E-state index in [4.69, 9.17) is 4.74 Å². The van der Waals surface area contributed by atoms with Crippen molar-refractivity contribution in [3.8, 4) is 5.75 Å². The van der Waals surface area contributed by atoms with Gasteiger partial charge in [-0.3, -0.25) is 10.4 Å². The highest BCUT2D eigenvalue weighted by atomic mass is 19.1. The van der Waals surface area contributed by atoms with Crippen LogP contribution in [0.3, 0.4) is 0 Å². The van der Waals surface area contributed by atoms with Crippen LogP contribution in [0.4, 0.5) is 4.39 Å². The molecule has 6 nitrogen and oxygen atoms in total. The molecule has 30 heavy (non-hydrogen) atoms. The number of rotatable bonds is 5. The van der Waals surface area contributed by atoms with Crippen molar-refractivity contribution in [3.63, 3.8) is 0 Å². The largest absolute Gasteiger partial charge is 0.493 e. The lowest BCUT2D eigenvalue weighted by atomic mass is 9.80. The van der Waals surface area contributed by atoms with Crippen LogP contribution in [0.15, 0.2) is 42.7 Å². The molecule has 3 fully saturated rings. The summed E-state index contributed by atoms with van der Waals surface area (Å²) in [6.07, 6.45) is 7.02. The van der Waals surface area contributed by atoms with Gasteiger partial charge < -0.3 is 15.4 Å². The maximum Gasteiger partial charge on any atom is 0.128 e. The number of benzene rings is 1. The molecule has 7 heteroatoms. The van der Waals surface area contributed by atoms with Crippen molar-refractivity contribution in [1.82, 2.24) is 26.5 Å². The highest BCUT2D eigenvalue weighted by Gasteiger charge is 2.42. The zero-order chi connectivity index (χ0) is 20.3. The molecule has 4 N–H and O–H groups in total. The quantitative estimate of drug-likeness (QED) is 0.606. The number of nitrogens with one attached hydrogen (secondary N) is 4. The molecule has 5 rings (SSSR count). The van der Waals surface area contributed by atoms with Gasteiger partial charge in [0.25, 0.3) is 0 Å². The molecule has 3 saturated heterocycles. The Morgan fingerprint density at radius 1 is 1.10 bits per heavy atom. The minimum Gasteiger partial charge on any atom is -0.493 e. The van der Waals surface area contributed by atoms with Gasteiger partial charge in [0.1, 0.15) is 11.6 Å². The second-order valence-electron chi connectivity index (χ2n) is 8.69. The minimum absolute atomic E-state index is 0.0462. The van der Waals surface area contributed by atoms with Gasteiger partial charge in [-0.15, -0.1) is 0 Å². The maximum atomic E-state index is 14.4. The predicted molar refractivity (Wildman–Crippen MR) is 113 cm³/mol. The fourth-order valence-corrected chi connectivity index (χ4v) is 5.10. The molecule has 4 heterocycles. The minimum atomic E-state index is -0.154. The summed E-state index contributed by atoms with van der Waals surface area (Å²) < 4.78 is 20.7. The van der Waals surface area contributed by atoms with Crippen LogP contribution in [-0.4, -0.2) is 37.3 Å². The topological polar surface area (TPSA) is 70.2 Å². The Morgan fingerprint density at radius 3 is 2.90 bits per heavy atom. The third kappa shape index (κ3) is 4.07. The van der Waals surface area contributed by atoms with E-state index in [1.54, 1.807) is 12.3 Å². The molecule has 0 saturated carbocycles. The SMILES string of the molecule is Fc1ccccc1C1NNC2CNC(c3cnccc3OCC3CCCNC3)CC21. The van der Waals surface area contributed by atoms with Gasteiger partial charge in [0, 0.05) is 54.6 Å². The van der Waals surface area contributed by atoms with Crippen molar-refractivity contribution in [2.75, 3.05) is 26.2 Å². The molecule has 2 aromatic rings. The standard InChI is InChI=1S/C23H30FN5O/c24-19-6-2-1-5-16(19)23-17-10-20(27-13-21(17)28-29-23)18-12-26-9-7-22(18)30-14-15-4-3-8-25-11-15/h1-2,5-7,9,12,15,17,20-21,23,25,27-29H,3-4,8,10-11,13-14H2. The second kappa shape index (κ2) is 8.98. The lowest BCUT2D eigenvalue weighted by molar-refractivity contribution is 0.210. The first-order chi connectivity index (χ1) is 14.8. The molecule has 3 aliphatic rings. The molecule has 0 aliphatic carbocycles. The van der Waals surface area contributed by atoms with Crippen LogP contribution in [0.1, 0.15) is 42.5 Å². The molecule has 0 bridgehead atoms. The number of piperidine rings is 2. The molecule has 1 aromatic carbocycles. The third-order valence-electron chi connectivity index (χ3n) is 6.76. The molecular weight excluding hydrogens is 381 g/mol. The van der Waals surface area contributed by atoms with Crippen LogP contribution >= 0.6 is 0 Å². The second-order valence-corrected chi connectivity index (χ2v) is 8.69. The Bertz CT molecular complexity index is 859. The Kier molecular flexibility index (Phi) is 5.95. The Balaban J connectivity index is 1.31. The summed E-state index contributed by atoms with van der Waals surface area (Å²) in [6, 6.07) is 9.38. The van der Waals surface area contributed by atoms with Crippen molar-refractivity contribution in [3.05, 3.63) is 59.7 Å². The van der Waals surface area contributed by atoms with Crippen molar-refractivity contribution >= 4 is 0 Å². The Morgan fingerprint density at radius 2 is 2.03 bits per heavy atom. The van der Waals surface area contributed by atoms with Gasteiger partial charge in [-0.2, -0.15) is 0 Å². The van der Waals surface area contributed by atoms with Crippen LogP contribution in [0.5, 0.6) is 5.75 Å². The summed E-state index contributed by atoms with van der Waals surface area (Å²) in [7, 11) is 0. The lowest BCUT2D eigenvalue weighted by Crippen LogP contribution is -2.46. The number of hydrogen-bond acceptors (Lipinski definition) is 6. The molecule has 160 valence electrons. The van der Waals surface area contributed by atoms with Crippen LogP contribution in [0.25, 0.3) is 0 Å². The average Bonchev–Trinajstić information content (AvgIpc) is 3.22.